The van der Waals surface area contributed by atoms with E-state index in [4.69, 9.17) is 5.11 Å². The van der Waals surface area contributed by atoms with Gasteiger partial charge < -0.3 is 10.4 Å². The molecule has 0 aromatic heterocycles. The lowest BCUT2D eigenvalue weighted by atomic mass is 9.94. The highest BCUT2D eigenvalue weighted by Gasteiger charge is 2.24. The smallest absolute Gasteiger partial charge is 0.292 e. The molecular weight excluding hydrogens is 220 g/mol. The average Bonchev–Trinajstić information content (AvgIpc) is 2.29. The van der Waals surface area contributed by atoms with E-state index in [2.05, 4.69) is 5.32 Å². The van der Waals surface area contributed by atoms with Crippen LogP contribution in [0.3, 0.4) is 0 Å². The molecular formula is C12H18N2O3. The number of nitrogens with one attached hydrogen (secondary N) is 1. The third kappa shape index (κ3) is 3.42. The highest BCUT2D eigenvalue weighted by Crippen LogP contribution is 2.29. The van der Waals surface area contributed by atoms with Crippen LogP contribution < -0.4 is 5.32 Å². The first-order valence-electron chi connectivity index (χ1n) is 5.65. The fraction of sp³-hybridized carbons (Fsp3) is 0.500. The molecule has 1 rings (SSSR count). The third-order valence-corrected chi connectivity index (χ3v) is 2.98. The van der Waals surface area contributed by atoms with E-state index < -0.39 is 4.92 Å². The molecule has 1 aromatic rings. The van der Waals surface area contributed by atoms with Crippen LogP contribution in [0, 0.1) is 10.1 Å². The van der Waals surface area contributed by atoms with Crippen LogP contribution >= 0.6 is 0 Å². The lowest BCUT2D eigenvalue weighted by Crippen LogP contribution is -2.35. The molecule has 94 valence electrons. The third-order valence-electron chi connectivity index (χ3n) is 2.98. The second-order valence-corrected chi connectivity index (χ2v) is 4.29. The maximum absolute atomic E-state index is 10.9. The molecule has 5 heteroatoms. The largest absolute Gasteiger partial charge is 0.396 e. The van der Waals surface area contributed by atoms with Crippen molar-refractivity contribution in [3.8, 4) is 0 Å². The lowest BCUT2D eigenvalue weighted by molar-refractivity contribution is -0.384. The highest BCUT2D eigenvalue weighted by molar-refractivity contribution is 5.62. The average molecular weight is 238 g/mol. The molecule has 0 aliphatic rings. The molecule has 0 aliphatic carbocycles. The summed E-state index contributed by atoms with van der Waals surface area (Å²) in [5.41, 5.74) is 0.223. The van der Waals surface area contributed by atoms with Crippen molar-refractivity contribution in [2.24, 2.45) is 0 Å². The maximum atomic E-state index is 10.9. The number of aliphatic hydroxyl groups is 1. The van der Waals surface area contributed by atoms with E-state index in [-0.39, 0.29) is 17.8 Å². The number of nitro groups is 1. The maximum Gasteiger partial charge on any atom is 0.292 e. The molecule has 17 heavy (non-hydrogen) atoms. The first-order chi connectivity index (χ1) is 8.02. The van der Waals surface area contributed by atoms with Gasteiger partial charge in [-0.05, 0) is 25.8 Å². The van der Waals surface area contributed by atoms with E-state index in [0.717, 1.165) is 6.42 Å². The molecule has 5 nitrogen and oxygen atoms in total. The number of anilines is 1. The Bertz CT molecular complexity index is 395. The minimum Gasteiger partial charge on any atom is -0.396 e. The zero-order valence-electron chi connectivity index (χ0n) is 10.1. The van der Waals surface area contributed by atoms with Gasteiger partial charge in [-0.3, -0.25) is 10.1 Å². The van der Waals surface area contributed by atoms with Crippen LogP contribution in [-0.4, -0.2) is 22.2 Å². The van der Waals surface area contributed by atoms with Crippen LogP contribution in [0.25, 0.3) is 0 Å². The van der Waals surface area contributed by atoms with Crippen LogP contribution in [0.15, 0.2) is 24.3 Å². The summed E-state index contributed by atoms with van der Waals surface area (Å²) in [7, 11) is 0. The van der Waals surface area contributed by atoms with Crippen LogP contribution in [0.5, 0.6) is 0 Å². The zero-order chi connectivity index (χ0) is 12.9. The van der Waals surface area contributed by atoms with Gasteiger partial charge in [-0.25, -0.2) is 0 Å². The SMILES string of the molecule is CCC(C)(CCO)Nc1ccccc1[N+](=O)[O-]. The quantitative estimate of drug-likeness (QED) is 0.590. The normalized spacial score (nSPS) is 14.1. The molecule has 0 fully saturated rings. The summed E-state index contributed by atoms with van der Waals surface area (Å²) in [4.78, 5) is 10.5. The van der Waals surface area contributed by atoms with Crippen molar-refractivity contribution in [1.82, 2.24) is 0 Å². The number of hydrogen-bond donors (Lipinski definition) is 2. The van der Waals surface area contributed by atoms with Crippen LogP contribution in [0.4, 0.5) is 11.4 Å². The fourth-order valence-corrected chi connectivity index (χ4v) is 1.64. The van der Waals surface area contributed by atoms with Gasteiger partial charge in [-0.2, -0.15) is 0 Å². The number of aliphatic hydroxyl groups excluding tert-OH is 1. The summed E-state index contributed by atoms with van der Waals surface area (Å²) < 4.78 is 0. The van der Waals surface area contributed by atoms with Crippen molar-refractivity contribution in [2.75, 3.05) is 11.9 Å². The number of rotatable bonds is 6. The van der Waals surface area contributed by atoms with Crippen molar-refractivity contribution in [3.05, 3.63) is 34.4 Å². The molecule has 0 saturated heterocycles. The van der Waals surface area contributed by atoms with Crippen LogP contribution in [0.2, 0.25) is 0 Å². The van der Waals surface area contributed by atoms with Gasteiger partial charge in [0, 0.05) is 18.2 Å². The van der Waals surface area contributed by atoms with E-state index in [1.807, 2.05) is 13.8 Å². The molecule has 0 saturated carbocycles. The minimum atomic E-state index is -0.405. The Morgan fingerprint density at radius 2 is 2.12 bits per heavy atom. The van der Waals surface area contributed by atoms with E-state index in [1.54, 1.807) is 18.2 Å². The summed E-state index contributed by atoms with van der Waals surface area (Å²) in [5, 5.41) is 23.0. The molecule has 1 atom stereocenters. The fourth-order valence-electron chi connectivity index (χ4n) is 1.64. The number of nitrogens with zero attached hydrogens (tertiary/aromatic N) is 1. The Hall–Kier alpha value is -1.62. The second-order valence-electron chi connectivity index (χ2n) is 4.29. The molecule has 0 radical (unpaired) electrons. The lowest BCUT2D eigenvalue weighted by Gasteiger charge is -2.30. The molecule has 0 aliphatic heterocycles. The first kappa shape index (κ1) is 13.4. The van der Waals surface area contributed by atoms with Crippen LogP contribution in [0.1, 0.15) is 26.7 Å². The topological polar surface area (TPSA) is 75.4 Å². The van der Waals surface area contributed by atoms with Crippen LogP contribution in [-0.2, 0) is 0 Å². The molecule has 0 heterocycles. The Morgan fingerprint density at radius 1 is 1.47 bits per heavy atom. The predicted molar refractivity (Wildman–Crippen MR) is 67.1 cm³/mol. The van der Waals surface area contributed by atoms with E-state index >= 15 is 0 Å². The molecule has 0 bridgehead atoms. The number of para-hydroxylation sites is 2. The van der Waals surface area contributed by atoms with Crippen molar-refractivity contribution in [3.63, 3.8) is 0 Å². The monoisotopic (exact) mass is 238 g/mol. The van der Waals surface area contributed by atoms with Gasteiger partial charge in [0.2, 0.25) is 0 Å². The van der Waals surface area contributed by atoms with Gasteiger partial charge in [0.1, 0.15) is 5.69 Å². The summed E-state index contributed by atoms with van der Waals surface area (Å²) in [6, 6.07) is 6.55. The predicted octanol–water partition coefficient (Wildman–Crippen LogP) is 2.56. The number of benzene rings is 1. The highest BCUT2D eigenvalue weighted by atomic mass is 16.6. The molecule has 0 amide bonds. The molecule has 1 aromatic carbocycles. The summed E-state index contributed by atoms with van der Waals surface area (Å²) >= 11 is 0. The van der Waals surface area contributed by atoms with E-state index in [0.29, 0.717) is 12.1 Å². The van der Waals surface area contributed by atoms with E-state index in [9.17, 15) is 10.1 Å². The Labute approximate surface area is 101 Å². The first-order valence-corrected chi connectivity index (χ1v) is 5.65. The van der Waals surface area contributed by atoms with Gasteiger partial charge >= 0.3 is 0 Å². The molecule has 0 spiro atoms. The Morgan fingerprint density at radius 3 is 2.65 bits per heavy atom. The minimum absolute atomic E-state index is 0.0535. The second kappa shape index (κ2) is 5.63. The Kier molecular flexibility index (Phi) is 4.45. The summed E-state index contributed by atoms with van der Waals surface area (Å²) in [5.74, 6) is 0. The van der Waals surface area contributed by atoms with Crippen molar-refractivity contribution in [2.45, 2.75) is 32.2 Å². The standard InChI is InChI=1S/C12H18N2O3/c1-3-12(2,8-9-15)13-10-6-4-5-7-11(10)14(16)17/h4-7,13,15H,3,8-9H2,1-2H3. The number of hydrogen-bond acceptors (Lipinski definition) is 4. The van der Waals surface area contributed by atoms with Gasteiger partial charge in [0.15, 0.2) is 0 Å². The summed E-state index contributed by atoms with van der Waals surface area (Å²) in [6.07, 6.45) is 1.33. The van der Waals surface area contributed by atoms with Crippen molar-refractivity contribution < 1.29 is 10.0 Å². The van der Waals surface area contributed by atoms with Crippen molar-refractivity contribution in [1.29, 1.82) is 0 Å². The molecule has 1 unspecified atom stereocenters. The number of nitro benzene ring substituents is 1. The Balaban J connectivity index is 2.97. The van der Waals surface area contributed by atoms with Gasteiger partial charge in [-0.15, -0.1) is 0 Å². The summed E-state index contributed by atoms with van der Waals surface area (Å²) in [6.45, 7) is 3.98. The van der Waals surface area contributed by atoms with Gasteiger partial charge in [-0.1, -0.05) is 19.1 Å². The molecule has 2 N–H and O–H groups in total. The van der Waals surface area contributed by atoms with Crippen molar-refractivity contribution >= 4 is 11.4 Å². The van der Waals surface area contributed by atoms with E-state index in [1.165, 1.54) is 6.07 Å². The van der Waals surface area contributed by atoms with Gasteiger partial charge in [0.05, 0.1) is 4.92 Å². The zero-order valence-corrected chi connectivity index (χ0v) is 10.1. The van der Waals surface area contributed by atoms with Gasteiger partial charge in [0.25, 0.3) is 5.69 Å².